The molecule has 0 saturated carbocycles. The van der Waals surface area contributed by atoms with Crippen molar-refractivity contribution in [1.82, 2.24) is 19.6 Å². The Hall–Kier alpha value is -2.12. The molecule has 0 unspecified atom stereocenters. The zero-order valence-electron chi connectivity index (χ0n) is 13.1. The molecule has 2 N–H and O–H groups in total. The topological polar surface area (TPSA) is 78.3 Å². The molecule has 0 saturated heterocycles. The van der Waals surface area contributed by atoms with Gasteiger partial charge < -0.3 is 10.5 Å². The van der Waals surface area contributed by atoms with Gasteiger partial charge in [0.1, 0.15) is 16.4 Å². The Kier molecular flexibility index (Phi) is 4.78. The second-order valence-electron chi connectivity index (χ2n) is 5.26. The zero-order valence-corrected chi connectivity index (χ0v) is 14.0. The molecule has 0 bridgehead atoms. The third-order valence-corrected chi connectivity index (χ3v) is 4.17. The van der Waals surface area contributed by atoms with Crippen LogP contribution >= 0.6 is 11.8 Å². The Labute approximate surface area is 139 Å². The fourth-order valence-corrected chi connectivity index (χ4v) is 2.88. The van der Waals surface area contributed by atoms with Gasteiger partial charge in [-0.1, -0.05) is 30.3 Å². The lowest BCUT2D eigenvalue weighted by atomic mass is 10.2. The maximum atomic E-state index is 5.90. The lowest BCUT2D eigenvalue weighted by Crippen LogP contribution is -2.15. The minimum absolute atomic E-state index is 0.0229. The molecule has 3 rings (SSSR count). The van der Waals surface area contributed by atoms with Crippen molar-refractivity contribution < 1.29 is 4.74 Å². The third-order valence-electron chi connectivity index (χ3n) is 3.49. The predicted octanol–water partition coefficient (Wildman–Crippen LogP) is 2.58. The maximum Gasteiger partial charge on any atom is 0.239 e. The Morgan fingerprint density at radius 1 is 1.30 bits per heavy atom. The Morgan fingerprint density at radius 3 is 2.83 bits per heavy atom. The van der Waals surface area contributed by atoms with E-state index in [1.54, 1.807) is 10.7 Å². The molecular weight excluding hydrogens is 310 g/mol. The van der Waals surface area contributed by atoms with Crippen LogP contribution < -0.4 is 5.73 Å². The van der Waals surface area contributed by atoms with Crippen molar-refractivity contribution in [1.29, 1.82) is 0 Å². The summed E-state index contributed by atoms with van der Waals surface area (Å²) in [6, 6.07) is 10.1. The second-order valence-corrected chi connectivity index (χ2v) is 6.06. The largest absolute Gasteiger partial charge is 0.373 e. The van der Waals surface area contributed by atoms with E-state index in [9.17, 15) is 0 Å². The van der Waals surface area contributed by atoms with Gasteiger partial charge in [0.15, 0.2) is 0 Å². The number of benzene rings is 1. The molecule has 0 aliphatic heterocycles. The monoisotopic (exact) mass is 329 g/mol. The quantitative estimate of drug-likeness (QED) is 0.700. The molecule has 0 spiro atoms. The number of thioether (sulfide) groups is 1. The first-order valence-electron chi connectivity index (χ1n) is 7.37. The fraction of sp³-hybridized carbons (Fsp3) is 0.312. The first-order chi connectivity index (χ1) is 11.2. The van der Waals surface area contributed by atoms with Gasteiger partial charge in [0.05, 0.1) is 18.9 Å². The highest BCUT2D eigenvalue weighted by atomic mass is 32.2. The van der Waals surface area contributed by atoms with E-state index < -0.39 is 0 Å². The average Bonchev–Trinajstić information content (AvgIpc) is 2.96. The van der Waals surface area contributed by atoms with E-state index in [4.69, 9.17) is 10.5 Å². The van der Waals surface area contributed by atoms with Crippen molar-refractivity contribution in [2.45, 2.75) is 31.1 Å². The molecule has 6 nitrogen and oxygen atoms in total. The standard InChI is InChI=1S/C16H19N5OS/c1-11(22-10-12-6-4-3-5-7-12)8-14-18-9-13-15(23-2)19-16(17)20-21(13)14/h3-7,9,11H,8,10H2,1-2H3,(H2,17,20)/t11-/m1/s1. The van der Waals surface area contributed by atoms with Crippen molar-refractivity contribution >= 4 is 23.2 Å². The van der Waals surface area contributed by atoms with Crippen molar-refractivity contribution in [3.8, 4) is 0 Å². The van der Waals surface area contributed by atoms with Crippen LogP contribution in [0.3, 0.4) is 0 Å². The summed E-state index contributed by atoms with van der Waals surface area (Å²) < 4.78 is 7.66. The molecule has 7 heteroatoms. The van der Waals surface area contributed by atoms with Crippen LogP contribution in [0.25, 0.3) is 5.52 Å². The summed E-state index contributed by atoms with van der Waals surface area (Å²) in [6.45, 7) is 2.61. The van der Waals surface area contributed by atoms with Gasteiger partial charge in [0.2, 0.25) is 5.95 Å². The van der Waals surface area contributed by atoms with Crippen LogP contribution in [0.4, 0.5) is 5.95 Å². The second kappa shape index (κ2) is 6.97. The summed E-state index contributed by atoms with van der Waals surface area (Å²) >= 11 is 1.53. The van der Waals surface area contributed by atoms with E-state index in [1.165, 1.54) is 11.8 Å². The summed E-state index contributed by atoms with van der Waals surface area (Å²) in [6.07, 6.45) is 4.42. The highest BCUT2D eigenvalue weighted by Gasteiger charge is 2.14. The molecule has 0 aliphatic carbocycles. The highest BCUT2D eigenvalue weighted by molar-refractivity contribution is 7.98. The molecule has 0 fully saturated rings. The fourth-order valence-electron chi connectivity index (χ4n) is 2.35. The average molecular weight is 329 g/mol. The van der Waals surface area contributed by atoms with Crippen LogP contribution in [0, 0.1) is 0 Å². The van der Waals surface area contributed by atoms with Crippen LogP contribution in [0.1, 0.15) is 18.3 Å². The van der Waals surface area contributed by atoms with Gasteiger partial charge in [-0.15, -0.1) is 16.9 Å². The molecule has 0 radical (unpaired) electrons. The number of hydrogen-bond donors (Lipinski definition) is 1. The molecule has 2 heterocycles. The van der Waals surface area contributed by atoms with Gasteiger partial charge >= 0.3 is 0 Å². The number of nitrogens with two attached hydrogens (primary N) is 1. The van der Waals surface area contributed by atoms with E-state index in [-0.39, 0.29) is 12.1 Å². The molecule has 0 aliphatic rings. The molecule has 1 atom stereocenters. The van der Waals surface area contributed by atoms with Crippen molar-refractivity contribution in [2.24, 2.45) is 0 Å². The molecule has 0 amide bonds. The van der Waals surface area contributed by atoms with Crippen LogP contribution in [-0.4, -0.2) is 31.9 Å². The van der Waals surface area contributed by atoms with Crippen LogP contribution in [-0.2, 0) is 17.8 Å². The Balaban J connectivity index is 1.72. The number of rotatable bonds is 6. The SMILES string of the molecule is CSc1nc(N)nn2c(C[C@@H](C)OCc3ccccc3)ncc12. The summed E-state index contributed by atoms with van der Waals surface area (Å²) in [4.78, 5) is 8.68. The lowest BCUT2D eigenvalue weighted by molar-refractivity contribution is 0.0520. The number of aromatic nitrogens is 4. The van der Waals surface area contributed by atoms with Crippen LogP contribution in [0.2, 0.25) is 0 Å². The van der Waals surface area contributed by atoms with Gasteiger partial charge in [-0.3, -0.25) is 0 Å². The summed E-state index contributed by atoms with van der Waals surface area (Å²) in [5, 5.41) is 5.10. The lowest BCUT2D eigenvalue weighted by Gasteiger charge is -2.12. The van der Waals surface area contributed by atoms with Crippen molar-refractivity contribution in [3.05, 3.63) is 47.9 Å². The maximum absolute atomic E-state index is 5.90. The minimum atomic E-state index is 0.0229. The Morgan fingerprint density at radius 2 is 2.09 bits per heavy atom. The first kappa shape index (κ1) is 15.8. The number of hydrogen-bond acceptors (Lipinski definition) is 6. The van der Waals surface area contributed by atoms with E-state index >= 15 is 0 Å². The van der Waals surface area contributed by atoms with Crippen molar-refractivity contribution in [2.75, 3.05) is 12.0 Å². The van der Waals surface area contributed by atoms with Crippen LogP contribution in [0.15, 0.2) is 41.6 Å². The van der Waals surface area contributed by atoms with Gasteiger partial charge in [-0.2, -0.15) is 0 Å². The number of anilines is 1. The van der Waals surface area contributed by atoms with Gasteiger partial charge in [0, 0.05) is 6.42 Å². The first-order valence-corrected chi connectivity index (χ1v) is 8.59. The minimum Gasteiger partial charge on any atom is -0.373 e. The summed E-state index contributed by atoms with van der Waals surface area (Å²) in [7, 11) is 0. The molecule has 2 aromatic heterocycles. The van der Waals surface area contributed by atoms with Crippen molar-refractivity contribution in [3.63, 3.8) is 0 Å². The molecule has 120 valence electrons. The molecule has 1 aromatic carbocycles. The zero-order chi connectivity index (χ0) is 16.2. The molecular formula is C16H19N5OS. The number of ether oxygens (including phenoxy) is 1. The summed E-state index contributed by atoms with van der Waals surface area (Å²) in [5.41, 5.74) is 7.81. The van der Waals surface area contributed by atoms with E-state index in [0.717, 1.165) is 21.9 Å². The van der Waals surface area contributed by atoms with E-state index in [2.05, 4.69) is 27.2 Å². The highest BCUT2D eigenvalue weighted by Crippen LogP contribution is 2.20. The molecule has 3 aromatic rings. The van der Waals surface area contributed by atoms with Gasteiger partial charge in [0.25, 0.3) is 0 Å². The Bertz CT molecular complexity index is 790. The van der Waals surface area contributed by atoms with Gasteiger partial charge in [-0.05, 0) is 18.7 Å². The molecule has 23 heavy (non-hydrogen) atoms. The number of fused-ring (bicyclic) bond motifs is 1. The normalized spacial score (nSPS) is 12.6. The third kappa shape index (κ3) is 3.62. The van der Waals surface area contributed by atoms with E-state index in [1.807, 2.05) is 31.4 Å². The van der Waals surface area contributed by atoms with Gasteiger partial charge in [-0.25, -0.2) is 14.5 Å². The number of imidazole rings is 1. The number of nitrogens with zero attached hydrogens (tertiary/aromatic N) is 4. The summed E-state index contributed by atoms with van der Waals surface area (Å²) in [5.74, 6) is 1.07. The van der Waals surface area contributed by atoms with E-state index in [0.29, 0.717) is 13.0 Å². The smallest absolute Gasteiger partial charge is 0.239 e. The van der Waals surface area contributed by atoms with Crippen LogP contribution in [0.5, 0.6) is 0 Å². The predicted molar refractivity (Wildman–Crippen MR) is 91.4 cm³/mol. The number of nitrogen functional groups attached to an aromatic ring is 1.